The molecule has 4 heteroatoms. The molecule has 1 aromatic carbocycles. The van der Waals surface area contributed by atoms with Gasteiger partial charge in [0, 0.05) is 30.9 Å². The van der Waals surface area contributed by atoms with Gasteiger partial charge in [0.1, 0.15) is 12.4 Å². The number of hydrogen-bond acceptors (Lipinski definition) is 3. The highest BCUT2D eigenvalue weighted by Crippen LogP contribution is 2.14. The molecule has 104 valence electrons. The first kappa shape index (κ1) is 14.1. The fraction of sp³-hybridized carbons (Fsp3) is 0.250. The van der Waals surface area contributed by atoms with Crippen LogP contribution in [0.3, 0.4) is 0 Å². The molecule has 0 saturated heterocycles. The minimum Gasteiger partial charge on any atom is -0.489 e. The molecule has 2 aromatic rings. The van der Waals surface area contributed by atoms with E-state index in [1.807, 2.05) is 43.3 Å². The average Bonchev–Trinajstić information content (AvgIpc) is 2.52. The Morgan fingerprint density at radius 1 is 1.20 bits per heavy atom. The summed E-state index contributed by atoms with van der Waals surface area (Å²) >= 11 is 0. The minimum atomic E-state index is 0.0573. The second-order valence-corrected chi connectivity index (χ2v) is 4.42. The second-order valence-electron chi connectivity index (χ2n) is 4.42. The maximum Gasteiger partial charge on any atom is 0.219 e. The van der Waals surface area contributed by atoms with Crippen molar-refractivity contribution in [3.8, 4) is 5.75 Å². The summed E-state index contributed by atoms with van der Waals surface area (Å²) < 4.78 is 5.67. The van der Waals surface area contributed by atoms with Crippen LogP contribution >= 0.6 is 0 Å². The third-order valence-corrected chi connectivity index (χ3v) is 2.86. The summed E-state index contributed by atoms with van der Waals surface area (Å²) in [7, 11) is 0. The van der Waals surface area contributed by atoms with E-state index in [4.69, 9.17) is 4.74 Å². The van der Waals surface area contributed by atoms with Gasteiger partial charge in [0.2, 0.25) is 5.91 Å². The summed E-state index contributed by atoms with van der Waals surface area (Å²) in [6, 6.07) is 11.6. The molecular weight excluding hydrogens is 252 g/mol. The molecule has 1 N–H and O–H groups in total. The van der Waals surface area contributed by atoms with Crippen molar-refractivity contribution in [2.45, 2.75) is 26.5 Å². The maximum absolute atomic E-state index is 11.2. The summed E-state index contributed by atoms with van der Waals surface area (Å²) in [5.41, 5.74) is 2.09. The molecular formula is C16H18N2O2. The predicted octanol–water partition coefficient (Wildman–Crippen LogP) is 2.69. The SMILES string of the molecule is CCC(=O)NCc1ccc(OCc2cccnc2)cc1. The van der Waals surface area contributed by atoms with Crippen molar-refractivity contribution < 1.29 is 9.53 Å². The van der Waals surface area contributed by atoms with E-state index in [1.54, 1.807) is 12.4 Å². The van der Waals surface area contributed by atoms with Crippen molar-refractivity contribution in [1.29, 1.82) is 0 Å². The Kier molecular flexibility index (Phi) is 5.12. The second kappa shape index (κ2) is 7.28. The first-order chi connectivity index (χ1) is 9.78. The smallest absolute Gasteiger partial charge is 0.219 e. The Balaban J connectivity index is 1.84. The van der Waals surface area contributed by atoms with Crippen molar-refractivity contribution in [1.82, 2.24) is 10.3 Å². The monoisotopic (exact) mass is 270 g/mol. The highest BCUT2D eigenvalue weighted by Gasteiger charge is 1.99. The lowest BCUT2D eigenvalue weighted by Gasteiger charge is -2.08. The molecule has 0 aliphatic rings. The zero-order valence-electron chi connectivity index (χ0n) is 11.5. The van der Waals surface area contributed by atoms with Gasteiger partial charge in [-0.2, -0.15) is 0 Å². The van der Waals surface area contributed by atoms with Crippen LogP contribution in [0.2, 0.25) is 0 Å². The van der Waals surface area contributed by atoms with Gasteiger partial charge in [-0.25, -0.2) is 0 Å². The number of ether oxygens (including phenoxy) is 1. The van der Waals surface area contributed by atoms with Crippen LogP contribution in [0.15, 0.2) is 48.8 Å². The van der Waals surface area contributed by atoms with Gasteiger partial charge in [0.05, 0.1) is 0 Å². The van der Waals surface area contributed by atoms with E-state index in [0.29, 0.717) is 19.6 Å². The fourth-order valence-electron chi connectivity index (χ4n) is 1.68. The number of nitrogens with zero attached hydrogens (tertiary/aromatic N) is 1. The summed E-state index contributed by atoms with van der Waals surface area (Å²) in [5.74, 6) is 0.862. The van der Waals surface area contributed by atoms with Crippen LogP contribution in [-0.4, -0.2) is 10.9 Å². The largest absolute Gasteiger partial charge is 0.489 e. The number of carbonyl (C=O) groups excluding carboxylic acids is 1. The molecule has 0 spiro atoms. The lowest BCUT2D eigenvalue weighted by molar-refractivity contribution is -0.120. The van der Waals surface area contributed by atoms with Crippen molar-refractivity contribution in [2.24, 2.45) is 0 Å². The zero-order chi connectivity index (χ0) is 14.2. The van der Waals surface area contributed by atoms with Crippen LogP contribution in [0.25, 0.3) is 0 Å². The summed E-state index contributed by atoms with van der Waals surface area (Å²) in [6.07, 6.45) is 4.03. The normalized spacial score (nSPS) is 10.1. The van der Waals surface area contributed by atoms with Crippen molar-refractivity contribution in [2.75, 3.05) is 0 Å². The maximum atomic E-state index is 11.2. The van der Waals surface area contributed by atoms with Crippen LogP contribution in [0.4, 0.5) is 0 Å². The molecule has 0 unspecified atom stereocenters. The molecule has 0 aliphatic carbocycles. The Morgan fingerprint density at radius 3 is 2.65 bits per heavy atom. The highest BCUT2D eigenvalue weighted by atomic mass is 16.5. The summed E-state index contributed by atoms with van der Waals surface area (Å²) in [6.45, 7) is 2.89. The van der Waals surface area contributed by atoms with Gasteiger partial charge in [-0.05, 0) is 23.8 Å². The topological polar surface area (TPSA) is 51.2 Å². The predicted molar refractivity (Wildman–Crippen MR) is 77.1 cm³/mol. The average molecular weight is 270 g/mol. The number of rotatable bonds is 6. The molecule has 0 fully saturated rings. The van der Waals surface area contributed by atoms with E-state index in [-0.39, 0.29) is 5.91 Å². The fourth-order valence-corrected chi connectivity index (χ4v) is 1.68. The standard InChI is InChI=1S/C16H18N2O2/c1-2-16(19)18-11-13-5-7-15(8-6-13)20-12-14-4-3-9-17-10-14/h3-10H,2,11-12H2,1H3,(H,18,19). The van der Waals surface area contributed by atoms with Gasteiger partial charge in [0.15, 0.2) is 0 Å². The number of carbonyl (C=O) groups is 1. The zero-order valence-corrected chi connectivity index (χ0v) is 11.5. The third kappa shape index (κ3) is 4.39. The first-order valence-electron chi connectivity index (χ1n) is 6.65. The molecule has 2 rings (SSSR count). The number of benzene rings is 1. The lowest BCUT2D eigenvalue weighted by Crippen LogP contribution is -2.21. The molecule has 0 saturated carbocycles. The van der Waals surface area contributed by atoms with Crippen LogP contribution in [0.5, 0.6) is 5.75 Å². The third-order valence-electron chi connectivity index (χ3n) is 2.86. The van der Waals surface area contributed by atoms with Crippen LogP contribution in [-0.2, 0) is 17.9 Å². The number of amides is 1. The highest BCUT2D eigenvalue weighted by molar-refractivity contribution is 5.75. The Hall–Kier alpha value is -2.36. The van der Waals surface area contributed by atoms with Crippen molar-refractivity contribution in [3.05, 3.63) is 59.9 Å². The quantitative estimate of drug-likeness (QED) is 0.878. The summed E-state index contributed by atoms with van der Waals surface area (Å²) in [5, 5.41) is 2.84. The van der Waals surface area contributed by atoms with E-state index in [0.717, 1.165) is 16.9 Å². The van der Waals surface area contributed by atoms with E-state index in [9.17, 15) is 4.79 Å². The molecule has 20 heavy (non-hydrogen) atoms. The van der Waals surface area contributed by atoms with Crippen LogP contribution in [0, 0.1) is 0 Å². The summed E-state index contributed by atoms with van der Waals surface area (Å²) in [4.78, 5) is 15.2. The Bertz CT molecular complexity index is 538. The molecule has 0 radical (unpaired) electrons. The van der Waals surface area contributed by atoms with Crippen molar-refractivity contribution in [3.63, 3.8) is 0 Å². The molecule has 0 bridgehead atoms. The molecule has 1 heterocycles. The van der Waals surface area contributed by atoms with Crippen LogP contribution in [0.1, 0.15) is 24.5 Å². The number of pyridine rings is 1. The molecule has 0 aliphatic heterocycles. The molecule has 1 aromatic heterocycles. The van der Waals surface area contributed by atoms with Gasteiger partial charge in [0.25, 0.3) is 0 Å². The van der Waals surface area contributed by atoms with Crippen molar-refractivity contribution >= 4 is 5.91 Å². The van der Waals surface area contributed by atoms with Gasteiger partial charge in [-0.1, -0.05) is 25.1 Å². The van der Waals surface area contributed by atoms with Gasteiger partial charge < -0.3 is 10.1 Å². The Morgan fingerprint density at radius 2 is 2.00 bits per heavy atom. The van der Waals surface area contributed by atoms with Crippen LogP contribution < -0.4 is 10.1 Å². The first-order valence-corrected chi connectivity index (χ1v) is 6.65. The van der Waals surface area contributed by atoms with E-state index < -0.39 is 0 Å². The molecule has 1 amide bonds. The number of nitrogens with one attached hydrogen (secondary N) is 1. The van der Waals surface area contributed by atoms with E-state index in [2.05, 4.69) is 10.3 Å². The van der Waals surface area contributed by atoms with Gasteiger partial charge >= 0.3 is 0 Å². The van der Waals surface area contributed by atoms with E-state index in [1.165, 1.54) is 0 Å². The minimum absolute atomic E-state index is 0.0573. The Labute approximate surface area is 118 Å². The molecule has 4 nitrogen and oxygen atoms in total. The van der Waals surface area contributed by atoms with Gasteiger partial charge in [-0.15, -0.1) is 0 Å². The number of hydrogen-bond donors (Lipinski definition) is 1. The van der Waals surface area contributed by atoms with E-state index >= 15 is 0 Å². The van der Waals surface area contributed by atoms with Gasteiger partial charge in [-0.3, -0.25) is 9.78 Å². The lowest BCUT2D eigenvalue weighted by atomic mass is 10.2. The number of aromatic nitrogens is 1. The molecule has 0 atom stereocenters.